The van der Waals surface area contributed by atoms with Gasteiger partial charge in [0.05, 0.1) is 30.5 Å². The zero-order valence-electron chi connectivity index (χ0n) is 13.2. The monoisotopic (exact) mass is 300 g/mol. The molecule has 0 saturated heterocycles. The summed E-state index contributed by atoms with van der Waals surface area (Å²) in [5.74, 6) is 0. The minimum atomic E-state index is 0.507. The number of aryl methyl sites for hydroxylation is 1. The molecule has 0 aliphatic heterocycles. The van der Waals surface area contributed by atoms with Crippen LogP contribution in [0.5, 0.6) is 0 Å². The maximum atomic E-state index is 5.51. The average molecular weight is 300 g/mol. The van der Waals surface area contributed by atoms with Crippen LogP contribution < -0.4 is 5.32 Å². The molecule has 0 aliphatic carbocycles. The lowest BCUT2D eigenvalue weighted by atomic mass is 10.2. The van der Waals surface area contributed by atoms with E-state index in [2.05, 4.69) is 26.1 Å². The van der Waals surface area contributed by atoms with Gasteiger partial charge in [-0.1, -0.05) is 27.2 Å². The smallest absolute Gasteiger partial charge is 0.0954 e. The molecule has 0 radical (unpaired) electrons. The maximum absolute atomic E-state index is 5.51. The Morgan fingerprint density at radius 1 is 1.20 bits per heavy atom. The molecular formula is C15H28N2O2S. The second-order valence-corrected chi connectivity index (χ2v) is 6.29. The zero-order valence-corrected chi connectivity index (χ0v) is 14.0. The van der Waals surface area contributed by atoms with Gasteiger partial charge in [-0.3, -0.25) is 0 Å². The molecule has 1 aromatic rings. The first kappa shape index (κ1) is 17.6. The fourth-order valence-corrected chi connectivity index (χ4v) is 2.86. The first-order chi connectivity index (χ1) is 9.67. The van der Waals surface area contributed by atoms with Gasteiger partial charge in [-0.15, -0.1) is 11.3 Å². The number of hydrogen-bond donors (Lipinski definition) is 1. The minimum absolute atomic E-state index is 0.507. The highest BCUT2D eigenvalue weighted by molar-refractivity contribution is 7.11. The first-order valence-corrected chi connectivity index (χ1v) is 8.26. The summed E-state index contributed by atoms with van der Waals surface area (Å²) in [7, 11) is 1.69. The van der Waals surface area contributed by atoms with Gasteiger partial charge in [-0.05, 0) is 6.42 Å². The van der Waals surface area contributed by atoms with Crippen LogP contribution in [0.4, 0.5) is 0 Å². The lowest BCUT2D eigenvalue weighted by molar-refractivity contribution is 0.0722. The van der Waals surface area contributed by atoms with E-state index in [1.165, 1.54) is 15.6 Å². The zero-order chi connectivity index (χ0) is 14.8. The molecule has 0 atom stereocenters. The van der Waals surface area contributed by atoms with Crippen LogP contribution >= 0.6 is 11.3 Å². The van der Waals surface area contributed by atoms with Crippen molar-refractivity contribution >= 4 is 11.3 Å². The Bertz CT molecular complexity index is 367. The standard InChI is InChI=1S/C15H28N2O2S/c1-5-6-13-14(11-16-12(2)3)20-15(17-13)7-8-19-10-9-18-4/h12,16H,5-11H2,1-4H3. The second-order valence-electron chi connectivity index (χ2n) is 5.12. The fourth-order valence-electron chi connectivity index (χ4n) is 1.81. The van der Waals surface area contributed by atoms with Gasteiger partial charge < -0.3 is 14.8 Å². The summed E-state index contributed by atoms with van der Waals surface area (Å²) in [6.07, 6.45) is 3.10. The third-order valence-corrected chi connectivity index (χ3v) is 4.03. The van der Waals surface area contributed by atoms with Crippen LogP contribution in [0.15, 0.2) is 0 Å². The van der Waals surface area contributed by atoms with E-state index in [-0.39, 0.29) is 0 Å². The molecule has 0 fully saturated rings. The SMILES string of the molecule is CCCc1nc(CCOCCOC)sc1CNC(C)C. The van der Waals surface area contributed by atoms with Crippen molar-refractivity contribution in [3.05, 3.63) is 15.6 Å². The lowest BCUT2D eigenvalue weighted by Crippen LogP contribution is -2.21. The Balaban J connectivity index is 2.47. The summed E-state index contributed by atoms with van der Waals surface area (Å²) < 4.78 is 10.5. The van der Waals surface area contributed by atoms with Crippen LogP contribution in [0, 0.1) is 0 Å². The topological polar surface area (TPSA) is 43.4 Å². The highest BCUT2D eigenvalue weighted by Gasteiger charge is 2.10. The molecule has 1 heterocycles. The van der Waals surface area contributed by atoms with Crippen LogP contribution in [-0.2, 0) is 28.9 Å². The molecule has 0 spiro atoms. The van der Waals surface area contributed by atoms with E-state index in [0.717, 1.165) is 32.4 Å². The van der Waals surface area contributed by atoms with Gasteiger partial charge in [0.2, 0.25) is 0 Å². The van der Waals surface area contributed by atoms with E-state index in [0.29, 0.717) is 19.3 Å². The van der Waals surface area contributed by atoms with Crippen molar-refractivity contribution in [3.63, 3.8) is 0 Å². The first-order valence-electron chi connectivity index (χ1n) is 7.44. The van der Waals surface area contributed by atoms with Gasteiger partial charge in [0.1, 0.15) is 0 Å². The predicted octanol–water partition coefficient (Wildman–Crippen LogP) is 2.80. The number of thiazole rings is 1. The van der Waals surface area contributed by atoms with Gasteiger partial charge in [-0.2, -0.15) is 0 Å². The van der Waals surface area contributed by atoms with Crippen molar-refractivity contribution in [1.29, 1.82) is 0 Å². The number of hydrogen-bond acceptors (Lipinski definition) is 5. The summed E-state index contributed by atoms with van der Waals surface area (Å²) in [5, 5.41) is 4.67. The van der Waals surface area contributed by atoms with Crippen molar-refractivity contribution < 1.29 is 9.47 Å². The lowest BCUT2D eigenvalue weighted by Gasteiger charge is -2.07. The number of nitrogens with one attached hydrogen (secondary N) is 1. The van der Waals surface area contributed by atoms with E-state index < -0.39 is 0 Å². The highest BCUT2D eigenvalue weighted by Crippen LogP contribution is 2.20. The quantitative estimate of drug-likeness (QED) is 0.638. The summed E-state index contributed by atoms with van der Waals surface area (Å²) in [6, 6.07) is 0.507. The second kappa shape index (κ2) is 10.3. The van der Waals surface area contributed by atoms with E-state index in [9.17, 15) is 0 Å². The molecule has 0 amide bonds. The molecule has 0 aromatic carbocycles. The van der Waals surface area contributed by atoms with E-state index in [4.69, 9.17) is 14.5 Å². The van der Waals surface area contributed by atoms with Crippen LogP contribution in [0.3, 0.4) is 0 Å². The molecule has 116 valence electrons. The number of nitrogens with zero attached hydrogens (tertiary/aromatic N) is 1. The Kier molecular flexibility index (Phi) is 9.02. The van der Waals surface area contributed by atoms with Gasteiger partial charge >= 0.3 is 0 Å². The number of rotatable bonds is 11. The molecule has 0 unspecified atom stereocenters. The van der Waals surface area contributed by atoms with Crippen LogP contribution in [0.25, 0.3) is 0 Å². The van der Waals surface area contributed by atoms with E-state index >= 15 is 0 Å². The third kappa shape index (κ3) is 6.79. The fraction of sp³-hybridized carbons (Fsp3) is 0.800. The summed E-state index contributed by atoms with van der Waals surface area (Å²) in [5.41, 5.74) is 1.26. The minimum Gasteiger partial charge on any atom is -0.382 e. The molecule has 20 heavy (non-hydrogen) atoms. The van der Waals surface area contributed by atoms with Crippen molar-refractivity contribution in [3.8, 4) is 0 Å². The molecule has 1 aromatic heterocycles. The van der Waals surface area contributed by atoms with Gasteiger partial charge in [0.15, 0.2) is 0 Å². The van der Waals surface area contributed by atoms with E-state index in [1.54, 1.807) is 7.11 Å². The van der Waals surface area contributed by atoms with Gasteiger partial charge in [0, 0.05) is 31.0 Å². The van der Waals surface area contributed by atoms with E-state index in [1.807, 2.05) is 11.3 Å². The van der Waals surface area contributed by atoms with Crippen molar-refractivity contribution in [2.45, 2.75) is 52.6 Å². The van der Waals surface area contributed by atoms with Crippen molar-refractivity contribution in [1.82, 2.24) is 10.3 Å². The van der Waals surface area contributed by atoms with Gasteiger partial charge in [-0.25, -0.2) is 4.98 Å². The molecular weight excluding hydrogens is 272 g/mol. The Hall–Kier alpha value is -0.490. The Labute approximate surface area is 126 Å². The predicted molar refractivity (Wildman–Crippen MR) is 84.5 cm³/mol. The largest absolute Gasteiger partial charge is 0.382 e. The summed E-state index contributed by atoms with van der Waals surface area (Å²) in [6.45, 7) is 9.51. The Morgan fingerprint density at radius 2 is 2.00 bits per heavy atom. The molecule has 0 saturated carbocycles. The highest BCUT2D eigenvalue weighted by atomic mass is 32.1. The molecule has 0 aliphatic rings. The molecule has 1 N–H and O–H groups in total. The maximum Gasteiger partial charge on any atom is 0.0954 e. The normalized spacial score (nSPS) is 11.4. The molecule has 0 bridgehead atoms. The number of methoxy groups -OCH3 is 1. The van der Waals surface area contributed by atoms with Crippen molar-refractivity contribution in [2.75, 3.05) is 26.9 Å². The van der Waals surface area contributed by atoms with Crippen molar-refractivity contribution in [2.24, 2.45) is 0 Å². The molecule has 1 rings (SSSR count). The average Bonchev–Trinajstić information content (AvgIpc) is 2.79. The van der Waals surface area contributed by atoms with Gasteiger partial charge in [0.25, 0.3) is 0 Å². The van der Waals surface area contributed by atoms with Crippen LogP contribution in [0.1, 0.15) is 42.8 Å². The van der Waals surface area contributed by atoms with Crippen LogP contribution in [-0.4, -0.2) is 38.0 Å². The molecule has 5 heteroatoms. The third-order valence-electron chi connectivity index (χ3n) is 2.87. The molecule has 4 nitrogen and oxygen atoms in total. The van der Waals surface area contributed by atoms with Crippen LogP contribution in [0.2, 0.25) is 0 Å². The summed E-state index contributed by atoms with van der Waals surface area (Å²) >= 11 is 1.82. The number of ether oxygens (including phenoxy) is 2. The number of aromatic nitrogens is 1. The summed E-state index contributed by atoms with van der Waals surface area (Å²) in [4.78, 5) is 6.14. The Morgan fingerprint density at radius 3 is 2.65 bits per heavy atom.